The highest BCUT2D eigenvalue weighted by Gasteiger charge is 2.35. The van der Waals surface area contributed by atoms with Gasteiger partial charge >= 0.3 is 0 Å². The zero-order valence-electron chi connectivity index (χ0n) is 15.7. The van der Waals surface area contributed by atoms with Crippen molar-refractivity contribution in [3.63, 3.8) is 0 Å². The van der Waals surface area contributed by atoms with Crippen LogP contribution in [0.15, 0.2) is 35.4 Å². The third-order valence-corrected chi connectivity index (χ3v) is 7.36. The standard InChI is InChI=1S/C18H21N5O5S/c24-18(14-13-19-22-8-4-3-5-15(14)22)20-9-11-21(12-10-20)29(27,28)17-7-2-1-6-16(17)23(25)26/h1-2,6-7,13H,3-5,8-12H2. The summed E-state index contributed by atoms with van der Waals surface area (Å²) in [6.45, 7) is 1.43. The number of nitrogens with zero attached hydrogens (tertiary/aromatic N) is 5. The number of nitro benzene ring substituents is 1. The Kier molecular flexibility index (Phi) is 5.09. The van der Waals surface area contributed by atoms with Crippen LogP contribution in [0.25, 0.3) is 0 Å². The number of hydrogen-bond acceptors (Lipinski definition) is 6. The van der Waals surface area contributed by atoms with Gasteiger partial charge in [0.05, 0.1) is 22.4 Å². The number of fused-ring (bicyclic) bond motifs is 1. The van der Waals surface area contributed by atoms with Crippen molar-refractivity contribution in [2.45, 2.75) is 30.7 Å². The van der Waals surface area contributed by atoms with Crippen molar-refractivity contribution < 1.29 is 18.1 Å². The smallest absolute Gasteiger partial charge is 0.289 e. The number of sulfonamides is 1. The zero-order valence-corrected chi connectivity index (χ0v) is 16.5. The fourth-order valence-corrected chi connectivity index (χ4v) is 5.45. The number of piperazine rings is 1. The van der Waals surface area contributed by atoms with Gasteiger partial charge < -0.3 is 4.90 Å². The molecule has 0 radical (unpaired) electrons. The highest BCUT2D eigenvalue weighted by atomic mass is 32.2. The van der Waals surface area contributed by atoms with E-state index in [4.69, 9.17) is 0 Å². The van der Waals surface area contributed by atoms with Crippen molar-refractivity contribution >= 4 is 21.6 Å². The van der Waals surface area contributed by atoms with E-state index in [-0.39, 0.29) is 37.0 Å². The molecule has 0 aliphatic carbocycles. The second kappa shape index (κ2) is 7.56. The number of carbonyl (C=O) groups is 1. The molecule has 3 heterocycles. The van der Waals surface area contributed by atoms with Crippen LogP contribution in [-0.2, 0) is 23.0 Å². The molecule has 0 saturated carbocycles. The molecule has 2 aliphatic heterocycles. The van der Waals surface area contributed by atoms with Crippen molar-refractivity contribution in [3.8, 4) is 0 Å². The summed E-state index contributed by atoms with van der Waals surface area (Å²) in [5, 5.41) is 15.5. The molecular formula is C18H21N5O5S. The van der Waals surface area contributed by atoms with Crippen molar-refractivity contribution in [1.82, 2.24) is 19.0 Å². The van der Waals surface area contributed by atoms with Gasteiger partial charge in [0.15, 0.2) is 4.90 Å². The maximum atomic E-state index is 12.9. The second-order valence-corrected chi connectivity index (χ2v) is 9.01. The van der Waals surface area contributed by atoms with Gasteiger partial charge in [-0.1, -0.05) is 12.1 Å². The number of para-hydroxylation sites is 1. The minimum Gasteiger partial charge on any atom is -0.336 e. The Labute approximate surface area is 167 Å². The minimum atomic E-state index is -4.02. The number of nitro groups is 1. The molecule has 154 valence electrons. The normalized spacial score (nSPS) is 17.7. The number of carbonyl (C=O) groups excluding carboxylic acids is 1. The number of aryl methyl sites for hydroxylation is 1. The van der Waals surface area contributed by atoms with Crippen molar-refractivity contribution in [2.75, 3.05) is 26.2 Å². The van der Waals surface area contributed by atoms with Gasteiger partial charge in [-0.05, 0) is 25.3 Å². The molecule has 4 rings (SSSR count). The summed E-state index contributed by atoms with van der Waals surface area (Å²) < 4.78 is 28.9. The maximum Gasteiger partial charge on any atom is 0.289 e. The second-order valence-electron chi connectivity index (χ2n) is 7.11. The molecule has 11 heteroatoms. The van der Waals surface area contributed by atoms with Crippen LogP contribution in [0, 0.1) is 10.1 Å². The number of amides is 1. The lowest BCUT2D eigenvalue weighted by Gasteiger charge is -2.34. The summed E-state index contributed by atoms with van der Waals surface area (Å²) >= 11 is 0. The van der Waals surface area contributed by atoms with Crippen molar-refractivity contribution in [3.05, 3.63) is 51.8 Å². The fraction of sp³-hybridized carbons (Fsp3) is 0.444. The van der Waals surface area contributed by atoms with E-state index in [9.17, 15) is 23.3 Å². The highest BCUT2D eigenvalue weighted by molar-refractivity contribution is 7.89. The largest absolute Gasteiger partial charge is 0.336 e. The lowest BCUT2D eigenvalue weighted by atomic mass is 10.1. The van der Waals surface area contributed by atoms with E-state index in [1.165, 1.54) is 28.6 Å². The van der Waals surface area contributed by atoms with Gasteiger partial charge in [-0.25, -0.2) is 8.42 Å². The quantitative estimate of drug-likeness (QED) is 0.544. The average molecular weight is 419 g/mol. The Morgan fingerprint density at radius 1 is 1.07 bits per heavy atom. The first-order valence-electron chi connectivity index (χ1n) is 9.47. The molecule has 2 aromatic rings. The molecule has 0 unspecified atom stereocenters. The highest BCUT2D eigenvalue weighted by Crippen LogP contribution is 2.27. The molecule has 1 aromatic carbocycles. The first-order valence-corrected chi connectivity index (χ1v) is 10.9. The summed E-state index contributed by atoms with van der Waals surface area (Å²) in [5.41, 5.74) is 1.08. The van der Waals surface area contributed by atoms with E-state index >= 15 is 0 Å². The van der Waals surface area contributed by atoms with Gasteiger partial charge in [-0.2, -0.15) is 9.40 Å². The third-order valence-electron chi connectivity index (χ3n) is 5.42. The topological polar surface area (TPSA) is 119 Å². The lowest BCUT2D eigenvalue weighted by Crippen LogP contribution is -2.50. The van der Waals surface area contributed by atoms with Gasteiger partial charge in [0, 0.05) is 38.8 Å². The third kappa shape index (κ3) is 3.51. The summed E-state index contributed by atoms with van der Waals surface area (Å²) in [6, 6.07) is 5.31. The molecule has 0 N–H and O–H groups in total. The molecule has 0 atom stereocenters. The van der Waals surface area contributed by atoms with Crippen LogP contribution in [-0.4, -0.2) is 64.4 Å². The van der Waals surface area contributed by atoms with E-state index in [0.29, 0.717) is 5.56 Å². The summed E-state index contributed by atoms with van der Waals surface area (Å²) in [5.74, 6) is -0.143. The van der Waals surface area contributed by atoms with Gasteiger partial charge in [0.25, 0.3) is 11.6 Å². The van der Waals surface area contributed by atoms with Crippen LogP contribution in [0.2, 0.25) is 0 Å². The predicted molar refractivity (Wildman–Crippen MR) is 103 cm³/mol. The molecular weight excluding hydrogens is 398 g/mol. The first-order chi connectivity index (χ1) is 13.9. The van der Waals surface area contributed by atoms with E-state index < -0.39 is 20.6 Å². The molecule has 2 aliphatic rings. The number of hydrogen-bond donors (Lipinski definition) is 0. The molecule has 0 bridgehead atoms. The summed E-state index contributed by atoms with van der Waals surface area (Å²) in [7, 11) is -4.02. The van der Waals surface area contributed by atoms with Gasteiger partial charge in [0.2, 0.25) is 10.0 Å². The van der Waals surface area contributed by atoms with Crippen LogP contribution < -0.4 is 0 Å². The summed E-state index contributed by atoms with van der Waals surface area (Å²) in [4.78, 5) is 24.7. The molecule has 1 aromatic heterocycles. The van der Waals surface area contributed by atoms with E-state index in [1.54, 1.807) is 11.1 Å². The molecule has 1 fully saturated rings. The Bertz CT molecular complexity index is 1060. The van der Waals surface area contributed by atoms with Gasteiger partial charge in [0.1, 0.15) is 0 Å². The molecule has 29 heavy (non-hydrogen) atoms. The van der Waals surface area contributed by atoms with Crippen molar-refractivity contribution in [1.29, 1.82) is 0 Å². The lowest BCUT2D eigenvalue weighted by molar-refractivity contribution is -0.387. The molecule has 0 spiro atoms. The fourth-order valence-electron chi connectivity index (χ4n) is 3.87. The SMILES string of the molecule is O=C(c1cnn2c1CCCC2)N1CCN(S(=O)(=O)c2ccccc2[N+](=O)[O-])CC1. The molecule has 10 nitrogen and oxygen atoms in total. The number of aromatic nitrogens is 2. The van der Waals surface area contributed by atoms with Crippen LogP contribution in [0.3, 0.4) is 0 Å². The first kappa shape index (κ1) is 19.5. The maximum absolute atomic E-state index is 12.9. The van der Waals surface area contributed by atoms with Gasteiger partial charge in [-0.15, -0.1) is 0 Å². The number of benzene rings is 1. The average Bonchev–Trinajstić information content (AvgIpc) is 3.17. The summed E-state index contributed by atoms with van der Waals surface area (Å²) in [6.07, 6.45) is 4.48. The van der Waals surface area contributed by atoms with Crippen LogP contribution in [0.4, 0.5) is 5.69 Å². The Balaban J connectivity index is 1.49. The van der Waals surface area contributed by atoms with E-state index in [2.05, 4.69) is 5.10 Å². The molecule has 1 amide bonds. The van der Waals surface area contributed by atoms with Crippen LogP contribution >= 0.6 is 0 Å². The minimum absolute atomic E-state index is 0.0869. The number of rotatable bonds is 4. The monoisotopic (exact) mass is 419 g/mol. The predicted octanol–water partition coefficient (Wildman–Crippen LogP) is 1.27. The van der Waals surface area contributed by atoms with Crippen LogP contribution in [0.1, 0.15) is 28.9 Å². The zero-order chi connectivity index (χ0) is 20.6. The van der Waals surface area contributed by atoms with E-state index in [0.717, 1.165) is 31.5 Å². The van der Waals surface area contributed by atoms with Crippen molar-refractivity contribution in [2.24, 2.45) is 0 Å². The Morgan fingerprint density at radius 3 is 2.52 bits per heavy atom. The molecule has 1 saturated heterocycles. The Morgan fingerprint density at radius 2 is 1.79 bits per heavy atom. The van der Waals surface area contributed by atoms with Gasteiger partial charge in [-0.3, -0.25) is 19.6 Å². The van der Waals surface area contributed by atoms with Crippen LogP contribution in [0.5, 0.6) is 0 Å². The Hall–Kier alpha value is -2.79. The van der Waals surface area contributed by atoms with E-state index in [1.807, 2.05) is 4.68 Å².